The summed E-state index contributed by atoms with van der Waals surface area (Å²) in [7, 11) is 0. The van der Waals surface area contributed by atoms with Crippen LogP contribution in [0.15, 0.2) is 0 Å². The molecule has 0 heterocycles. The molecule has 120 valence electrons. The maximum absolute atomic E-state index is 12.4. The molecule has 1 atom stereocenters. The lowest BCUT2D eigenvalue weighted by Gasteiger charge is -2.36. The van der Waals surface area contributed by atoms with Crippen molar-refractivity contribution in [3.63, 3.8) is 0 Å². The lowest BCUT2D eigenvalue weighted by atomic mass is 9.93. The molecule has 2 N–H and O–H groups in total. The van der Waals surface area contributed by atoms with Crippen molar-refractivity contribution >= 4 is 18.3 Å². The topological polar surface area (TPSA) is 46.3 Å². The van der Waals surface area contributed by atoms with Gasteiger partial charge in [-0.05, 0) is 19.3 Å². The highest BCUT2D eigenvalue weighted by Crippen LogP contribution is 2.26. The highest BCUT2D eigenvalue weighted by molar-refractivity contribution is 5.85. The number of alkyl halides is 3. The summed E-state index contributed by atoms with van der Waals surface area (Å²) in [5.74, 6) is -0.335. The minimum atomic E-state index is -4.23. The van der Waals surface area contributed by atoms with Crippen LogP contribution in [0.1, 0.15) is 51.9 Å². The Hall–Kier alpha value is -0.490. The number of carbonyl (C=O) groups is 1. The fourth-order valence-electron chi connectivity index (χ4n) is 2.50. The number of hydrogen-bond donors (Lipinski definition) is 1. The maximum atomic E-state index is 12.4. The lowest BCUT2D eigenvalue weighted by Crippen LogP contribution is -2.50. The Morgan fingerprint density at radius 2 is 1.85 bits per heavy atom. The van der Waals surface area contributed by atoms with Crippen LogP contribution >= 0.6 is 12.4 Å². The molecule has 1 fully saturated rings. The van der Waals surface area contributed by atoms with Crippen molar-refractivity contribution < 1.29 is 18.0 Å². The molecule has 0 radical (unpaired) electrons. The zero-order chi connectivity index (χ0) is 14.5. The second-order valence-corrected chi connectivity index (χ2v) is 5.20. The molecule has 0 unspecified atom stereocenters. The molecular weight excluding hydrogens is 293 g/mol. The zero-order valence-electron chi connectivity index (χ0n) is 11.8. The molecule has 0 aliphatic heterocycles. The van der Waals surface area contributed by atoms with Gasteiger partial charge in [0.1, 0.15) is 0 Å². The van der Waals surface area contributed by atoms with Crippen LogP contribution in [0.25, 0.3) is 0 Å². The van der Waals surface area contributed by atoms with E-state index in [0.717, 1.165) is 32.1 Å². The summed E-state index contributed by atoms with van der Waals surface area (Å²) < 4.78 is 37.1. The number of nitrogens with two attached hydrogens (primary N) is 1. The van der Waals surface area contributed by atoms with Gasteiger partial charge < -0.3 is 10.6 Å². The van der Waals surface area contributed by atoms with Crippen LogP contribution in [0, 0.1) is 0 Å². The SMILES string of the molecule is CC[C@H](N)C(=O)N(CCC(F)(F)F)C1CCCCC1.Cl. The zero-order valence-corrected chi connectivity index (χ0v) is 12.6. The van der Waals surface area contributed by atoms with E-state index in [9.17, 15) is 18.0 Å². The highest BCUT2D eigenvalue weighted by atomic mass is 35.5. The van der Waals surface area contributed by atoms with E-state index >= 15 is 0 Å². The Morgan fingerprint density at radius 1 is 1.30 bits per heavy atom. The van der Waals surface area contributed by atoms with E-state index in [1.54, 1.807) is 6.92 Å². The average molecular weight is 317 g/mol. The first-order valence-corrected chi connectivity index (χ1v) is 6.98. The van der Waals surface area contributed by atoms with Gasteiger partial charge in [-0.2, -0.15) is 13.2 Å². The number of halogens is 4. The van der Waals surface area contributed by atoms with Gasteiger partial charge >= 0.3 is 6.18 Å². The van der Waals surface area contributed by atoms with Crippen LogP contribution in [0.2, 0.25) is 0 Å². The van der Waals surface area contributed by atoms with Gasteiger partial charge in [0.15, 0.2) is 0 Å². The first-order valence-electron chi connectivity index (χ1n) is 6.98. The van der Waals surface area contributed by atoms with E-state index in [-0.39, 0.29) is 30.9 Å². The Morgan fingerprint density at radius 3 is 2.30 bits per heavy atom. The number of hydrogen-bond acceptors (Lipinski definition) is 2. The van der Waals surface area contributed by atoms with E-state index in [1.165, 1.54) is 4.90 Å². The average Bonchev–Trinajstić information content (AvgIpc) is 2.37. The van der Waals surface area contributed by atoms with Gasteiger partial charge in [-0.25, -0.2) is 0 Å². The molecule has 0 bridgehead atoms. The standard InChI is InChI=1S/C13H23F3N2O.ClH/c1-2-11(17)12(19)18(9-8-13(14,15)16)10-6-4-3-5-7-10;/h10-11H,2-9,17H2,1H3;1H/t11-;/m0./s1. The quantitative estimate of drug-likeness (QED) is 0.846. The fourth-order valence-corrected chi connectivity index (χ4v) is 2.50. The number of carbonyl (C=O) groups excluding carboxylic acids is 1. The molecule has 0 aromatic rings. The molecule has 20 heavy (non-hydrogen) atoms. The minimum Gasteiger partial charge on any atom is -0.338 e. The normalized spacial score (nSPS) is 18.2. The third-order valence-electron chi connectivity index (χ3n) is 3.69. The van der Waals surface area contributed by atoms with E-state index in [1.807, 2.05) is 0 Å². The number of nitrogens with zero attached hydrogens (tertiary/aromatic N) is 1. The van der Waals surface area contributed by atoms with Crippen molar-refractivity contribution in [2.45, 2.75) is 70.1 Å². The van der Waals surface area contributed by atoms with Crippen molar-refractivity contribution in [2.75, 3.05) is 6.54 Å². The fraction of sp³-hybridized carbons (Fsp3) is 0.923. The summed E-state index contributed by atoms with van der Waals surface area (Å²) in [4.78, 5) is 13.5. The second kappa shape index (κ2) is 8.72. The van der Waals surface area contributed by atoms with Crippen LogP contribution in [-0.4, -0.2) is 35.6 Å². The van der Waals surface area contributed by atoms with Crippen molar-refractivity contribution in [1.82, 2.24) is 4.90 Å². The monoisotopic (exact) mass is 316 g/mol. The van der Waals surface area contributed by atoms with E-state index < -0.39 is 18.6 Å². The molecule has 0 aromatic heterocycles. The molecule has 1 aliphatic carbocycles. The van der Waals surface area contributed by atoms with E-state index in [4.69, 9.17) is 5.73 Å². The summed E-state index contributed by atoms with van der Waals surface area (Å²) in [5.41, 5.74) is 5.69. The molecule has 1 amide bonds. The van der Waals surface area contributed by atoms with Gasteiger partial charge in [-0.3, -0.25) is 4.79 Å². The van der Waals surface area contributed by atoms with Crippen LogP contribution < -0.4 is 5.73 Å². The molecule has 1 aliphatic rings. The molecule has 0 aromatic carbocycles. The molecule has 1 saturated carbocycles. The Bertz CT molecular complexity index is 294. The van der Waals surface area contributed by atoms with Crippen LogP contribution in [0.3, 0.4) is 0 Å². The summed E-state index contributed by atoms with van der Waals surface area (Å²) in [6, 6.07) is -0.753. The summed E-state index contributed by atoms with van der Waals surface area (Å²) in [5, 5.41) is 0. The second-order valence-electron chi connectivity index (χ2n) is 5.20. The van der Waals surface area contributed by atoms with Crippen molar-refractivity contribution in [2.24, 2.45) is 5.73 Å². The van der Waals surface area contributed by atoms with Gasteiger partial charge in [-0.15, -0.1) is 12.4 Å². The first kappa shape index (κ1) is 19.5. The van der Waals surface area contributed by atoms with Gasteiger partial charge in [0, 0.05) is 12.6 Å². The van der Waals surface area contributed by atoms with Gasteiger partial charge in [0.2, 0.25) is 5.91 Å². The summed E-state index contributed by atoms with van der Waals surface area (Å²) >= 11 is 0. The molecule has 0 saturated heterocycles. The molecule has 3 nitrogen and oxygen atoms in total. The van der Waals surface area contributed by atoms with Crippen molar-refractivity contribution in [1.29, 1.82) is 0 Å². The molecule has 0 spiro atoms. The van der Waals surface area contributed by atoms with Gasteiger partial charge in [-0.1, -0.05) is 26.2 Å². The minimum absolute atomic E-state index is 0. The largest absolute Gasteiger partial charge is 0.390 e. The Balaban J connectivity index is 0.00000361. The van der Waals surface area contributed by atoms with Crippen LogP contribution in [-0.2, 0) is 4.79 Å². The van der Waals surface area contributed by atoms with Crippen molar-refractivity contribution in [3.8, 4) is 0 Å². The van der Waals surface area contributed by atoms with Gasteiger partial charge in [0.25, 0.3) is 0 Å². The smallest absolute Gasteiger partial charge is 0.338 e. The number of amides is 1. The molecule has 7 heteroatoms. The van der Waals surface area contributed by atoms with E-state index in [0.29, 0.717) is 6.42 Å². The third kappa shape index (κ3) is 6.31. The Labute approximate surface area is 124 Å². The molecule has 1 rings (SSSR count). The van der Waals surface area contributed by atoms with E-state index in [2.05, 4.69) is 0 Å². The lowest BCUT2D eigenvalue weighted by molar-refractivity contribution is -0.149. The first-order chi connectivity index (χ1) is 8.85. The van der Waals surface area contributed by atoms with Gasteiger partial charge in [0.05, 0.1) is 12.5 Å². The predicted octanol–water partition coefficient (Wildman–Crippen LogP) is 3.26. The highest BCUT2D eigenvalue weighted by Gasteiger charge is 2.33. The predicted molar refractivity (Wildman–Crippen MR) is 74.8 cm³/mol. The summed E-state index contributed by atoms with van der Waals surface area (Å²) in [6.45, 7) is 1.51. The summed E-state index contributed by atoms with van der Waals surface area (Å²) in [6.07, 6.45) is -0.107. The van der Waals surface area contributed by atoms with Crippen LogP contribution in [0.4, 0.5) is 13.2 Å². The Kier molecular flexibility index (Phi) is 8.51. The third-order valence-corrected chi connectivity index (χ3v) is 3.69. The molecular formula is C13H24ClF3N2O. The van der Waals surface area contributed by atoms with Crippen LogP contribution in [0.5, 0.6) is 0 Å². The number of rotatable bonds is 5. The van der Waals surface area contributed by atoms with Crippen molar-refractivity contribution in [3.05, 3.63) is 0 Å². The maximum Gasteiger partial charge on any atom is 0.390 e.